The zero-order valence-corrected chi connectivity index (χ0v) is 12.1. The first kappa shape index (κ1) is 16.9. The predicted octanol–water partition coefficient (Wildman–Crippen LogP) is 3.50. The van der Waals surface area contributed by atoms with E-state index in [4.69, 9.17) is 0 Å². The summed E-state index contributed by atoms with van der Waals surface area (Å²) in [5.41, 5.74) is 0. The standard InChI is InChI=1S/C11H19NO3.C3H8/c1-3-15-11(14)12-10(13)9-6-4-5-8(2)7-9;1-3-2/h8-9H,3-7H2,1-2H3,(H,12,13,14);3H2,1-2H3. The Morgan fingerprint density at radius 3 is 2.33 bits per heavy atom. The van der Waals surface area contributed by atoms with Gasteiger partial charge in [-0.1, -0.05) is 40.0 Å². The molecule has 2 unspecified atom stereocenters. The maximum atomic E-state index is 11.6. The van der Waals surface area contributed by atoms with E-state index in [-0.39, 0.29) is 11.8 Å². The lowest BCUT2D eigenvalue weighted by atomic mass is 9.82. The molecule has 0 spiro atoms. The smallest absolute Gasteiger partial charge is 0.413 e. The molecule has 18 heavy (non-hydrogen) atoms. The number of hydrogen-bond acceptors (Lipinski definition) is 3. The van der Waals surface area contributed by atoms with Crippen molar-refractivity contribution in [3.63, 3.8) is 0 Å². The predicted molar refractivity (Wildman–Crippen MR) is 72.3 cm³/mol. The van der Waals surface area contributed by atoms with Crippen molar-refractivity contribution in [3.05, 3.63) is 0 Å². The summed E-state index contributed by atoms with van der Waals surface area (Å²) < 4.78 is 4.66. The lowest BCUT2D eigenvalue weighted by Gasteiger charge is -2.25. The molecule has 0 aliphatic heterocycles. The molecule has 0 aromatic heterocycles. The number of carbonyl (C=O) groups is 2. The van der Waals surface area contributed by atoms with Gasteiger partial charge in [0, 0.05) is 5.92 Å². The van der Waals surface area contributed by atoms with Crippen molar-refractivity contribution in [3.8, 4) is 0 Å². The highest BCUT2D eigenvalue weighted by atomic mass is 16.5. The summed E-state index contributed by atoms with van der Waals surface area (Å²) >= 11 is 0. The highest BCUT2D eigenvalue weighted by Crippen LogP contribution is 2.28. The van der Waals surface area contributed by atoms with Gasteiger partial charge in [0.1, 0.15) is 0 Å². The molecule has 1 aliphatic carbocycles. The molecule has 0 heterocycles. The monoisotopic (exact) mass is 257 g/mol. The van der Waals surface area contributed by atoms with Crippen LogP contribution in [-0.4, -0.2) is 18.6 Å². The Kier molecular flexibility index (Phi) is 9.33. The van der Waals surface area contributed by atoms with E-state index >= 15 is 0 Å². The fourth-order valence-electron chi connectivity index (χ4n) is 2.04. The first-order valence-electron chi connectivity index (χ1n) is 7.02. The molecule has 1 saturated carbocycles. The average Bonchev–Trinajstić information content (AvgIpc) is 2.30. The van der Waals surface area contributed by atoms with E-state index in [1.54, 1.807) is 6.92 Å². The number of hydrogen-bond donors (Lipinski definition) is 1. The molecule has 0 bridgehead atoms. The van der Waals surface area contributed by atoms with E-state index in [0.717, 1.165) is 19.3 Å². The van der Waals surface area contributed by atoms with Gasteiger partial charge >= 0.3 is 6.09 Å². The largest absolute Gasteiger partial charge is 0.450 e. The average molecular weight is 257 g/mol. The third-order valence-corrected chi connectivity index (χ3v) is 2.81. The molecule has 106 valence electrons. The Morgan fingerprint density at radius 1 is 1.22 bits per heavy atom. The van der Waals surface area contributed by atoms with Crippen LogP contribution in [0.4, 0.5) is 4.79 Å². The molecule has 0 saturated heterocycles. The van der Waals surface area contributed by atoms with Gasteiger partial charge in [0.2, 0.25) is 5.91 Å². The van der Waals surface area contributed by atoms with E-state index < -0.39 is 6.09 Å². The van der Waals surface area contributed by atoms with Crippen LogP contribution in [0.3, 0.4) is 0 Å². The third-order valence-electron chi connectivity index (χ3n) is 2.81. The first-order valence-corrected chi connectivity index (χ1v) is 7.02. The highest BCUT2D eigenvalue weighted by Gasteiger charge is 2.26. The van der Waals surface area contributed by atoms with Crippen molar-refractivity contribution < 1.29 is 14.3 Å². The molecular weight excluding hydrogens is 230 g/mol. The summed E-state index contributed by atoms with van der Waals surface area (Å²) in [6.45, 7) is 8.40. The molecule has 1 rings (SSSR count). The van der Waals surface area contributed by atoms with Crippen molar-refractivity contribution in [2.75, 3.05) is 6.61 Å². The highest BCUT2D eigenvalue weighted by molar-refractivity contribution is 5.93. The van der Waals surface area contributed by atoms with E-state index in [0.29, 0.717) is 12.5 Å². The fraction of sp³-hybridized carbons (Fsp3) is 0.857. The number of imide groups is 1. The maximum Gasteiger partial charge on any atom is 0.413 e. The summed E-state index contributed by atoms with van der Waals surface area (Å²) in [5, 5.41) is 2.27. The molecule has 2 atom stereocenters. The number of alkyl carbamates (subject to hydrolysis) is 1. The normalized spacial score (nSPS) is 22.4. The number of amides is 2. The minimum atomic E-state index is -0.624. The molecule has 4 heteroatoms. The van der Waals surface area contributed by atoms with Gasteiger partial charge in [-0.2, -0.15) is 0 Å². The van der Waals surface area contributed by atoms with Crippen molar-refractivity contribution in [1.82, 2.24) is 5.32 Å². The van der Waals surface area contributed by atoms with Crippen LogP contribution >= 0.6 is 0 Å². The van der Waals surface area contributed by atoms with Crippen molar-refractivity contribution in [1.29, 1.82) is 0 Å². The van der Waals surface area contributed by atoms with Crippen LogP contribution in [0.15, 0.2) is 0 Å². The second-order valence-electron chi connectivity index (χ2n) is 4.89. The first-order chi connectivity index (χ1) is 8.54. The van der Waals surface area contributed by atoms with Gasteiger partial charge in [0.25, 0.3) is 0 Å². The number of nitrogens with one attached hydrogen (secondary N) is 1. The van der Waals surface area contributed by atoms with Gasteiger partial charge in [0.05, 0.1) is 6.61 Å². The van der Waals surface area contributed by atoms with Crippen LogP contribution < -0.4 is 5.32 Å². The Hall–Kier alpha value is -1.06. The molecule has 4 nitrogen and oxygen atoms in total. The number of ether oxygens (including phenoxy) is 1. The van der Waals surface area contributed by atoms with Crippen LogP contribution in [0.2, 0.25) is 0 Å². The van der Waals surface area contributed by atoms with Gasteiger partial charge in [-0.05, 0) is 25.7 Å². The van der Waals surface area contributed by atoms with Crippen molar-refractivity contribution in [2.24, 2.45) is 11.8 Å². The third kappa shape index (κ3) is 7.30. The van der Waals surface area contributed by atoms with Crippen LogP contribution in [0.5, 0.6) is 0 Å². The van der Waals surface area contributed by atoms with Gasteiger partial charge in [-0.15, -0.1) is 0 Å². The van der Waals surface area contributed by atoms with Gasteiger partial charge in [-0.25, -0.2) is 4.79 Å². The lowest BCUT2D eigenvalue weighted by Crippen LogP contribution is -2.37. The minimum Gasteiger partial charge on any atom is -0.450 e. The molecule has 1 aliphatic rings. The molecule has 1 N–H and O–H groups in total. The van der Waals surface area contributed by atoms with E-state index in [1.165, 1.54) is 12.8 Å². The zero-order valence-electron chi connectivity index (χ0n) is 12.1. The van der Waals surface area contributed by atoms with Crippen LogP contribution in [0.25, 0.3) is 0 Å². The molecule has 2 amide bonds. The summed E-state index contributed by atoms with van der Waals surface area (Å²) in [5.74, 6) is 0.384. The van der Waals surface area contributed by atoms with Crippen LogP contribution in [-0.2, 0) is 9.53 Å². The van der Waals surface area contributed by atoms with E-state index in [9.17, 15) is 9.59 Å². The Morgan fingerprint density at radius 2 is 1.83 bits per heavy atom. The Bertz CT molecular complexity index is 253. The Labute approximate surface area is 110 Å². The summed E-state index contributed by atoms with van der Waals surface area (Å²) in [6, 6.07) is 0. The summed E-state index contributed by atoms with van der Waals surface area (Å²) in [6.07, 6.45) is 4.65. The topological polar surface area (TPSA) is 55.4 Å². The molecular formula is C14H27NO3. The minimum absolute atomic E-state index is 0.0156. The number of carbonyl (C=O) groups excluding carboxylic acids is 2. The van der Waals surface area contributed by atoms with Gasteiger partial charge in [-0.3, -0.25) is 10.1 Å². The van der Waals surface area contributed by atoms with Crippen molar-refractivity contribution in [2.45, 2.75) is 59.8 Å². The SMILES string of the molecule is CCC.CCOC(=O)NC(=O)C1CCCC(C)C1. The summed E-state index contributed by atoms with van der Waals surface area (Å²) in [4.78, 5) is 22.6. The maximum absolute atomic E-state index is 11.6. The Balaban J connectivity index is 0.000000873. The molecule has 1 fully saturated rings. The molecule has 0 radical (unpaired) electrons. The van der Waals surface area contributed by atoms with Gasteiger partial charge in [0.15, 0.2) is 0 Å². The molecule has 0 aromatic carbocycles. The van der Waals surface area contributed by atoms with Gasteiger partial charge < -0.3 is 4.74 Å². The van der Waals surface area contributed by atoms with Crippen LogP contribution in [0, 0.1) is 11.8 Å². The van der Waals surface area contributed by atoms with Crippen LogP contribution in [0.1, 0.15) is 59.8 Å². The van der Waals surface area contributed by atoms with Crippen molar-refractivity contribution >= 4 is 12.0 Å². The summed E-state index contributed by atoms with van der Waals surface area (Å²) in [7, 11) is 0. The molecule has 0 aromatic rings. The lowest BCUT2D eigenvalue weighted by molar-refractivity contribution is -0.125. The number of rotatable bonds is 2. The fourth-order valence-corrected chi connectivity index (χ4v) is 2.04. The second-order valence-corrected chi connectivity index (χ2v) is 4.89. The zero-order chi connectivity index (χ0) is 14.0. The second kappa shape index (κ2) is 9.92. The van der Waals surface area contributed by atoms with E-state index in [2.05, 4.69) is 30.8 Å². The van der Waals surface area contributed by atoms with E-state index in [1.807, 2.05) is 0 Å². The quantitative estimate of drug-likeness (QED) is 0.823.